The lowest BCUT2D eigenvalue weighted by atomic mass is 9.81. The van der Waals surface area contributed by atoms with Crippen molar-refractivity contribution in [2.45, 2.75) is 14.1 Å². The first-order valence-electron chi connectivity index (χ1n) is 7.41. The fourth-order valence-corrected chi connectivity index (χ4v) is 6.48. The number of amides is 1. The van der Waals surface area contributed by atoms with E-state index in [9.17, 15) is 24.8 Å². The maximum atomic E-state index is 13.0. The van der Waals surface area contributed by atoms with Gasteiger partial charge in [0.25, 0.3) is 5.69 Å². The molecule has 13 heteroatoms. The van der Waals surface area contributed by atoms with E-state index in [-0.39, 0.29) is 21.4 Å². The summed E-state index contributed by atoms with van der Waals surface area (Å²) in [7, 11) is 0. The van der Waals surface area contributed by atoms with Crippen LogP contribution in [0.4, 0.5) is 11.4 Å². The molecule has 0 heterocycles. The van der Waals surface area contributed by atoms with Crippen LogP contribution in [0, 0.1) is 22.0 Å². The molecule has 1 fully saturated rings. The molecular weight excluding hydrogens is 501 g/mol. The predicted octanol–water partition coefficient (Wildman–Crippen LogP) is 4.70. The molecule has 1 aromatic carbocycles. The maximum Gasteiger partial charge on any atom is 0.309 e. The number of carboxylic acids is 1. The zero-order chi connectivity index (χ0) is 21.2. The van der Waals surface area contributed by atoms with Crippen LogP contribution in [-0.2, 0) is 9.59 Å². The molecule has 7 nitrogen and oxygen atoms in total. The summed E-state index contributed by atoms with van der Waals surface area (Å²) in [5.74, 6) is -5.83. The van der Waals surface area contributed by atoms with Crippen molar-refractivity contribution in [1.82, 2.24) is 0 Å². The molecule has 0 aliphatic heterocycles. The average molecular weight is 509 g/mol. The number of fused-ring (bicyclic) bond motifs is 2. The number of nitro benzene ring substituents is 1. The first kappa shape index (κ1) is 21.7. The standard InChI is InChI=1S/C15H8Cl6N2O5/c16-9-10(17)14(19)8(12(25)26)7(13(9,18)15(14,20)21)11(24)22-5-2-1-3-6(4-5)23(27)28/h1-4,7-8H,(H,22,24)(H,25,26)/t7-,8-,13-,14-/m1/s1. The van der Waals surface area contributed by atoms with Crippen LogP contribution >= 0.6 is 69.6 Å². The molecule has 3 rings (SSSR count). The third-order valence-corrected chi connectivity index (χ3v) is 9.07. The number of halogens is 6. The molecule has 1 amide bonds. The van der Waals surface area contributed by atoms with Crippen molar-refractivity contribution in [2.24, 2.45) is 11.8 Å². The Morgan fingerprint density at radius 2 is 1.61 bits per heavy atom. The zero-order valence-electron chi connectivity index (χ0n) is 13.3. The van der Waals surface area contributed by atoms with Crippen molar-refractivity contribution in [3.8, 4) is 0 Å². The van der Waals surface area contributed by atoms with Crippen molar-refractivity contribution in [3.63, 3.8) is 0 Å². The fourth-order valence-electron chi connectivity index (χ4n) is 3.54. The number of carbonyl (C=O) groups is 2. The number of nitrogens with zero attached hydrogens (tertiary/aromatic N) is 1. The summed E-state index contributed by atoms with van der Waals surface area (Å²) in [6.07, 6.45) is 0. The highest BCUT2D eigenvalue weighted by Gasteiger charge is 2.85. The van der Waals surface area contributed by atoms with E-state index in [1.807, 2.05) is 0 Å². The number of nitro groups is 1. The van der Waals surface area contributed by atoms with E-state index in [1.165, 1.54) is 18.2 Å². The largest absolute Gasteiger partial charge is 0.481 e. The lowest BCUT2D eigenvalue weighted by Gasteiger charge is -2.33. The fraction of sp³-hybridized carbons (Fsp3) is 0.333. The van der Waals surface area contributed by atoms with E-state index in [2.05, 4.69) is 5.32 Å². The Bertz CT molecular complexity index is 953. The highest BCUT2D eigenvalue weighted by molar-refractivity contribution is 6.66. The van der Waals surface area contributed by atoms with Gasteiger partial charge in [0, 0.05) is 17.8 Å². The quantitative estimate of drug-likeness (QED) is 0.348. The number of non-ortho nitro benzene ring substituents is 1. The number of allylic oxidation sites excluding steroid dienone is 2. The Morgan fingerprint density at radius 1 is 1.07 bits per heavy atom. The number of alkyl halides is 4. The third-order valence-electron chi connectivity index (χ3n) is 4.81. The molecule has 0 radical (unpaired) electrons. The van der Waals surface area contributed by atoms with Gasteiger partial charge in [-0.2, -0.15) is 0 Å². The molecule has 4 atom stereocenters. The van der Waals surface area contributed by atoms with Gasteiger partial charge in [-0.15, -0.1) is 23.2 Å². The van der Waals surface area contributed by atoms with Crippen molar-refractivity contribution >= 4 is 92.9 Å². The molecule has 2 N–H and O–H groups in total. The molecule has 1 saturated carbocycles. The summed E-state index contributed by atoms with van der Waals surface area (Å²) in [6, 6.07) is 4.99. The molecule has 2 aliphatic rings. The molecular formula is C15H8Cl6N2O5. The Balaban J connectivity index is 2.08. The molecule has 1 aromatic rings. The zero-order valence-corrected chi connectivity index (χ0v) is 17.8. The van der Waals surface area contributed by atoms with Gasteiger partial charge in [0.15, 0.2) is 4.33 Å². The van der Waals surface area contributed by atoms with Crippen LogP contribution in [0.1, 0.15) is 0 Å². The minimum atomic E-state index is -2.23. The van der Waals surface area contributed by atoms with E-state index >= 15 is 0 Å². The average Bonchev–Trinajstić information content (AvgIpc) is 2.82. The van der Waals surface area contributed by atoms with Gasteiger partial charge in [-0.3, -0.25) is 19.7 Å². The summed E-state index contributed by atoms with van der Waals surface area (Å²) >= 11 is 37.8. The number of rotatable bonds is 4. The first-order chi connectivity index (χ1) is 12.8. The van der Waals surface area contributed by atoms with Crippen molar-refractivity contribution in [3.05, 3.63) is 44.4 Å². The molecule has 2 aliphatic carbocycles. The molecule has 0 aromatic heterocycles. The number of hydrogen-bond acceptors (Lipinski definition) is 4. The van der Waals surface area contributed by atoms with Gasteiger partial charge in [-0.1, -0.05) is 52.5 Å². The SMILES string of the molecule is O=C(O)[C@H]1[C@H](C(=O)Nc2cccc([N+](=O)[O-])c2)[C@@]2(Cl)C(Cl)=C(Cl)[C@@]1(Cl)C2(Cl)Cl. The van der Waals surface area contributed by atoms with Crippen LogP contribution < -0.4 is 5.32 Å². The number of nitrogens with one attached hydrogen (secondary N) is 1. The van der Waals surface area contributed by atoms with Crippen LogP contribution in [0.3, 0.4) is 0 Å². The monoisotopic (exact) mass is 506 g/mol. The molecule has 0 saturated heterocycles. The summed E-state index contributed by atoms with van der Waals surface area (Å²) in [5.41, 5.74) is -0.268. The number of benzene rings is 1. The van der Waals surface area contributed by atoms with Gasteiger partial charge in [0.2, 0.25) is 5.91 Å². The predicted molar refractivity (Wildman–Crippen MR) is 107 cm³/mol. The van der Waals surface area contributed by atoms with Gasteiger partial charge in [0.1, 0.15) is 9.75 Å². The van der Waals surface area contributed by atoms with Crippen LogP contribution in [0.2, 0.25) is 0 Å². The van der Waals surface area contributed by atoms with Crippen LogP contribution in [0.15, 0.2) is 34.3 Å². The molecule has 0 unspecified atom stereocenters. The van der Waals surface area contributed by atoms with E-state index in [0.717, 1.165) is 6.07 Å². The van der Waals surface area contributed by atoms with Gasteiger partial charge in [0.05, 0.1) is 26.8 Å². The van der Waals surface area contributed by atoms with E-state index in [4.69, 9.17) is 69.6 Å². The smallest absolute Gasteiger partial charge is 0.309 e. The lowest BCUT2D eigenvalue weighted by Crippen LogP contribution is -2.47. The van der Waals surface area contributed by atoms with Crippen LogP contribution in [0.25, 0.3) is 0 Å². The highest BCUT2D eigenvalue weighted by Crippen LogP contribution is 2.76. The minimum absolute atomic E-state index is 0.0240. The second-order valence-corrected chi connectivity index (χ2v) is 9.49. The number of hydrogen-bond donors (Lipinski definition) is 2. The first-order valence-corrected chi connectivity index (χ1v) is 9.68. The van der Waals surface area contributed by atoms with Crippen LogP contribution in [-0.4, -0.2) is 36.0 Å². The molecule has 2 bridgehead atoms. The van der Waals surface area contributed by atoms with Gasteiger partial charge in [-0.05, 0) is 6.07 Å². The van der Waals surface area contributed by atoms with E-state index in [0.29, 0.717) is 0 Å². The summed E-state index contributed by atoms with van der Waals surface area (Å²) in [5, 5.41) is 22.3. The molecule has 150 valence electrons. The van der Waals surface area contributed by atoms with Crippen LogP contribution in [0.5, 0.6) is 0 Å². The van der Waals surface area contributed by atoms with Crippen molar-refractivity contribution in [2.75, 3.05) is 5.32 Å². The summed E-state index contributed by atoms with van der Waals surface area (Å²) in [4.78, 5) is 30.8. The van der Waals surface area contributed by atoms with Crippen molar-refractivity contribution in [1.29, 1.82) is 0 Å². The van der Waals surface area contributed by atoms with E-state index in [1.54, 1.807) is 0 Å². The van der Waals surface area contributed by atoms with Gasteiger partial charge >= 0.3 is 5.97 Å². The lowest BCUT2D eigenvalue weighted by molar-refractivity contribution is -0.384. The van der Waals surface area contributed by atoms with Gasteiger partial charge in [-0.25, -0.2) is 0 Å². The number of carboxylic acid groups (broad SMARTS) is 1. The summed E-state index contributed by atoms with van der Waals surface area (Å²) < 4.78 is -2.23. The summed E-state index contributed by atoms with van der Waals surface area (Å²) in [6.45, 7) is 0. The Kier molecular flexibility index (Phi) is 5.27. The third kappa shape index (κ3) is 2.57. The Labute approximate surface area is 187 Å². The van der Waals surface area contributed by atoms with Crippen molar-refractivity contribution < 1.29 is 19.6 Å². The second kappa shape index (κ2) is 6.79. The molecule has 0 spiro atoms. The van der Waals surface area contributed by atoms with E-state index < -0.39 is 42.7 Å². The minimum Gasteiger partial charge on any atom is -0.481 e. The number of aliphatic carboxylic acids is 1. The Morgan fingerprint density at radius 3 is 2.11 bits per heavy atom. The number of carbonyl (C=O) groups excluding carboxylic acids is 1. The normalized spacial score (nSPS) is 33.1. The second-order valence-electron chi connectivity index (χ2n) is 6.22. The topological polar surface area (TPSA) is 110 Å². The number of anilines is 1. The highest BCUT2D eigenvalue weighted by atomic mass is 35.5. The van der Waals surface area contributed by atoms with Gasteiger partial charge < -0.3 is 10.4 Å². The maximum absolute atomic E-state index is 13.0. The Hall–Kier alpha value is -0.960. The molecule has 28 heavy (non-hydrogen) atoms.